The van der Waals surface area contributed by atoms with E-state index < -0.39 is 10.0 Å². The lowest BCUT2D eigenvalue weighted by atomic mass is 10.3. The van der Waals surface area contributed by atoms with Gasteiger partial charge in [-0.3, -0.25) is 0 Å². The zero-order chi connectivity index (χ0) is 12.9. The van der Waals surface area contributed by atoms with Crippen LogP contribution in [-0.2, 0) is 10.0 Å². The van der Waals surface area contributed by atoms with Crippen molar-refractivity contribution in [2.75, 3.05) is 25.1 Å². The molecule has 0 aliphatic rings. The number of benzene rings is 1. The Morgan fingerprint density at radius 3 is 2.71 bits per heavy atom. The molecule has 0 unspecified atom stereocenters. The molecule has 1 aromatic carbocycles. The van der Waals surface area contributed by atoms with E-state index in [0.717, 1.165) is 10.6 Å². The Hall–Kier alpha value is -0.760. The predicted molar refractivity (Wildman–Crippen MR) is 69.5 cm³/mol. The first-order valence-electron chi connectivity index (χ1n) is 5.08. The molecule has 1 rings (SSSR count). The molecule has 0 radical (unpaired) electrons. The molecule has 0 aromatic heterocycles. The average molecular weight is 276 g/mol. The quantitative estimate of drug-likeness (QED) is 0.403. The van der Waals surface area contributed by atoms with Crippen molar-refractivity contribution in [3.8, 4) is 0 Å². The second kappa shape index (κ2) is 6.25. The Kier molecular flexibility index (Phi) is 5.26. The van der Waals surface area contributed by atoms with Crippen LogP contribution in [0.3, 0.4) is 0 Å². The zero-order valence-electron chi connectivity index (χ0n) is 9.51. The molecule has 0 aliphatic heterocycles. The number of sulfonamides is 1. The molecular weight excluding hydrogens is 260 g/mol. The monoisotopic (exact) mass is 276 g/mol. The summed E-state index contributed by atoms with van der Waals surface area (Å²) in [6.45, 7) is 0.138. The minimum absolute atomic E-state index is 0.138. The molecular formula is C10H16N2O3S2. The van der Waals surface area contributed by atoms with Crippen molar-refractivity contribution in [2.45, 2.75) is 16.2 Å². The van der Waals surface area contributed by atoms with E-state index in [-0.39, 0.29) is 11.5 Å². The summed E-state index contributed by atoms with van der Waals surface area (Å²) in [5, 5.41) is 8.66. The molecule has 0 fully saturated rings. The maximum atomic E-state index is 11.5. The van der Waals surface area contributed by atoms with Gasteiger partial charge >= 0.3 is 0 Å². The number of hydrogen-bond acceptors (Lipinski definition) is 5. The molecule has 4 N–H and O–H groups in total. The number of anilines is 1. The van der Waals surface area contributed by atoms with Crippen molar-refractivity contribution >= 4 is 27.5 Å². The third kappa shape index (κ3) is 3.88. The number of nitrogen functional groups attached to an aromatic ring is 1. The summed E-state index contributed by atoms with van der Waals surface area (Å²) in [5.74, 6) is 0.749. The van der Waals surface area contributed by atoms with Gasteiger partial charge in [-0.1, -0.05) is 0 Å². The number of thioether (sulfide) groups is 1. The number of aliphatic hydroxyl groups is 1. The Morgan fingerprint density at radius 2 is 2.18 bits per heavy atom. The highest BCUT2D eigenvalue weighted by atomic mass is 32.2. The van der Waals surface area contributed by atoms with Gasteiger partial charge in [-0.15, -0.1) is 11.8 Å². The van der Waals surface area contributed by atoms with Crippen molar-refractivity contribution in [2.24, 2.45) is 0 Å². The highest BCUT2D eigenvalue weighted by molar-refractivity contribution is 7.99. The Morgan fingerprint density at radius 1 is 1.47 bits per heavy atom. The van der Waals surface area contributed by atoms with Gasteiger partial charge in [0.25, 0.3) is 0 Å². The lowest BCUT2D eigenvalue weighted by molar-refractivity contribution is 0.296. The van der Waals surface area contributed by atoms with Crippen LogP contribution in [0.1, 0.15) is 6.42 Å². The number of aliphatic hydroxyl groups excluding tert-OH is 1. The van der Waals surface area contributed by atoms with Crippen LogP contribution < -0.4 is 10.5 Å². The molecule has 0 aliphatic carbocycles. The lowest BCUT2D eigenvalue weighted by Crippen LogP contribution is -2.18. The van der Waals surface area contributed by atoms with E-state index in [2.05, 4.69) is 4.72 Å². The molecule has 0 amide bonds. The maximum Gasteiger partial charge on any atom is 0.240 e. The first-order chi connectivity index (χ1) is 8.01. The van der Waals surface area contributed by atoms with Gasteiger partial charge in [0.05, 0.1) is 4.90 Å². The molecule has 17 heavy (non-hydrogen) atoms. The second-order valence-corrected chi connectivity index (χ2v) is 6.36. The molecule has 0 heterocycles. The standard InChI is InChI=1S/C10H16N2O3S2/c1-12-17(14,15)8-3-4-10(9(11)7-8)16-6-2-5-13/h3-4,7,12-13H,2,5-6,11H2,1H3. The molecule has 0 atom stereocenters. The molecule has 0 bridgehead atoms. The normalized spacial score (nSPS) is 11.6. The SMILES string of the molecule is CNS(=O)(=O)c1ccc(SCCCO)c(N)c1. The van der Waals surface area contributed by atoms with E-state index in [4.69, 9.17) is 10.8 Å². The van der Waals surface area contributed by atoms with Crippen LogP contribution in [-0.4, -0.2) is 32.9 Å². The van der Waals surface area contributed by atoms with Crippen molar-refractivity contribution in [3.05, 3.63) is 18.2 Å². The van der Waals surface area contributed by atoms with Gasteiger partial charge in [0.15, 0.2) is 0 Å². The van der Waals surface area contributed by atoms with Crippen molar-refractivity contribution < 1.29 is 13.5 Å². The lowest BCUT2D eigenvalue weighted by Gasteiger charge is -2.08. The minimum atomic E-state index is -3.44. The minimum Gasteiger partial charge on any atom is -0.398 e. The van der Waals surface area contributed by atoms with E-state index in [1.165, 1.54) is 30.9 Å². The topological polar surface area (TPSA) is 92.4 Å². The molecule has 96 valence electrons. The van der Waals surface area contributed by atoms with Crippen LogP contribution in [0.15, 0.2) is 28.0 Å². The molecule has 0 saturated heterocycles. The maximum absolute atomic E-state index is 11.5. The van der Waals surface area contributed by atoms with E-state index in [0.29, 0.717) is 12.1 Å². The van der Waals surface area contributed by atoms with E-state index in [1.807, 2.05) is 0 Å². The zero-order valence-corrected chi connectivity index (χ0v) is 11.1. The van der Waals surface area contributed by atoms with Crippen LogP contribution >= 0.6 is 11.8 Å². The van der Waals surface area contributed by atoms with E-state index >= 15 is 0 Å². The average Bonchev–Trinajstić information content (AvgIpc) is 2.31. The van der Waals surface area contributed by atoms with Gasteiger partial charge in [0, 0.05) is 22.9 Å². The highest BCUT2D eigenvalue weighted by Crippen LogP contribution is 2.27. The summed E-state index contributed by atoms with van der Waals surface area (Å²) in [7, 11) is -2.09. The Balaban J connectivity index is 2.87. The number of rotatable bonds is 6. The fourth-order valence-corrected chi connectivity index (χ4v) is 2.84. The first-order valence-corrected chi connectivity index (χ1v) is 7.55. The Bertz CT molecular complexity index is 474. The summed E-state index contributed by atoms with van der Waals surface area (Å²) in [4.78, 5) is 0.984. The summed E-state index contributed by atoms with van der Waals surface area (Å²) in [5.41, 5.74) is 6.21. The van der Waals surface area contributed by atoms with Crippen LogP contribution in [0.5, 0.6) is 0 Å². The summed E-state index contributed by atoms with van der Waals surface area (Å²) in [6, 6.07) is 4.64. The molecule has 7 heteroatoms. The summed E-state index contributed by atoms with van der Waals surface area (Å²) >= 11 is 1.50. The Labute approximate surface area is 105 Å². The van der Waals surface area contributed by atoms with Gasteiger partial charge in [-0.05, 0) is 31.7 Å². The van der Waals surface area contributed by atoms with Gasteiger partial charge in [-0.25, -0.2) is 13.1 Å². The van der Waals surface area contributed by atoms with Crippen LogP contribution in [0, 0.1) is 0 Å². The van der Waals surface area contributed by atoms with Gasteiger partial charge in [0.2, 0.25) is 10.0 Å². The smallest absolute Gasteiger partial charge is 0.240 e. The molecule has 0 saturated carbocycles. The second-order valence-electron chi connectivity index (χ2n) is 3.33. The third-order valence-electron chi connectivity index (χ3n) is 2.12. The largest absolute Gasteiger partial charge is 0.398 e. The van der Waals surface area contributed by atoms with Crippen molar-refractivity contribution in [1.82, 2.24) is 4.72 Å². The van der Waals surface area contributed by atoms with E-state index in [1.54, 1.807) is 6.07 Å². The first kappa shape index (κ1) is 14.3. The molecule has 1 aromatic rings. The van der Waals surface area contributed by atoms with Crippen molar-refractivity contribution in [1.29, 1.82) is 0 Å². The third-order valence-corrected chi connectivity index (χ3v) is 4.71. The van der Waals surface area contributed by atoms with E-state index in [9.17, 15) is 8.42 Å². The number of nitrogens with two attached hydrogens (primary N) is 1. The molecule has 5 nitrogen and oxygen atoms in total. The van der Waals surface area contributed by atoms with Gasteiger partial charge < -0.3 is 10.8 Å². The predicted octanol–water partition coefficient (Wildman–Crippen LogP) is 0.651. The van der Waals surface area contributed by atoms with Crippen molar-refractivity contribution in [3.63, 3.8) is 0 Å². The fraction of sp³-hybridized carbons (Fsp3) is 0.400. The van der Waals surface area contributed by atoms with Gasteiger partial charge in [0.1, 0.15) is 0 Å². The van der Waals surface area contributed by atoms with Gasteiger partial charge in [-0.2, -0.15) is 0 Å². The number of nitrogens with one attached hydrogen (secondary N) is 1. The summed E-state index contributed by atoms with van der Waals surface area (Å²) < 4.78 is 25.3. The van der Waals surface area contributed by atoms with Crippen LogP contribution in [0.2, 0.25) is 0 Å². The highest BCUT2D eigenvalue weighted by Gasteiger charge is 2.12. The summed E-state index contributed by atoms with van der Waals surface area (Å²) in [6.07, 6.45) is 0.681. The van der Waals surface area contributed by atoms with Crippen LogP contribution in [0.25, 0.3) is 0 Å². The number of hydrogen-bond donors (Lipinski definition) is 3. The molecule has 0 spiro atoms. The fourth-order valence-electron chi connectivity index (χ4n) is 1.19. The van der Waals surface area contributed by atoms with Crippen LogP contribution in [0.4, 0.5) is 5.69 Å².